The van der Waals surface area contributed by atoms with E-state index in [-0.39, 0.29) is 70.3 Å². The van der Waals surface area contributed by atoms with Crippen LogP contribution in [0.5, 0.6) is 0 Å². The van der Waals surface area contributed by atoms with E-state index in [4.69, 9.17) is 5.11 Å². The number of aliphatic hydroxyl groups is 1. The molecule has 0 unspecified atom stereocenters. The van der Waals surface area contributed by atoms with E-state index in [2.05, 4.69) is 0 Å². The Morgan fingerprint density at radius 3 is 1.71 bits per heavy atom. The summed E-state index contributed by atoms with van der Waals surface area (Å²) < 4.78 is 0. The minimum absolute atomic E-state index is 0. The fraction of sp³-hybridized carbons (Fsp3) is 1.00. The molecule has 0 saturated carbocycles. The first kappa shape index (κ1) is 11.8. The molecule has 0 aliphatic carbocycles. The molecule has 40 valence electrons. The molecule has 0 amide bonds. The first-order valence-electron chi connectivity index (χ1n) is 2.28. The molecule has 1 N–H and O–H groups in total. The van der Waals surface area contributed by atoms with Gasteiger partial charge in [-0.05, 0) is 20.3 Å². The summed E-state index contributed by atoms with van der Waals surface area (Å²) in [6.45, 7) is 5.56. The van der Waals surface area contributed by atoms with E-state index in [1.165, 1.54) is 0 Å². The third kappa shape index (κ3) is 11.5. The van der Waals surface area contributed by atoms with Gasteiger partial charge in [0.05, 0.1) is 5.60 Å². The molecule has 1 nitrogen and oxygen atoms in total. The van der Waals surface area contributed by atoms with Gasteiger partial charge in [0.1, 0.15) is 0 Å². The molecule has 0 saturated heterocycles. The first-order valence-corrected chi connectivity index (χ1v) is 2.28. The van der Waals surface area contributed by atoms with Crippen molar-refractivity contribution in [1.82, 2.24) is 0 Å². The van der Waals surface area contributed by atoms with E-state index in [0.29, 0.717) is 0 Å². The summed E-state index contributed by atoms with van der Waals surface area (Å²) in [5.41, 5.74) is -0.458. The fourth-order valence-electron chi connectivity index (χ4n) is 0. The molecule has 0 aliphatic rings. The molecule has 0 rings (SSSR count). The molecule has 0 aromatic carbocycles. The van der Waals surface area contributed by atoms with E-state index in [1.807, 2.05) is 6.92 Å². The molecule has 2 heteroatoms. The van der Waals surface area contributed by atoms with Crippen LogP contribution in [0.1, 0.15) is 28.6 Å². The van der Waals surface area contributed by atoms with E-state index in [1.54, 1.807) is 13.8 Å². The summed E-state index contributed by atoms with van der Waals surface area (Å²) in [6.07, 6.45) is 0.826. The van der Waals surface area contributed by atoms with Crippen molar-refractivity contribution in [3.8, 4) is 0 Å². The minimum atomic E-state index is -0.458. The molecule has 0 aliphatic heterocycles. The van der Waals surface area contributed by atoms with Crippen molar-refractivity contribution in [2.75, 3.05) is 0 Å². The van der Waals surface area contributed by atoms with Crippen LogP contribution >= 0.6 is 0 Å². The average molecular weight is 222 g/mol. The van der Waals surface area contributed by atoms with Crippen molar-refractivity contribution in [2.45, 2.75) is 32.8 Å². The molecule has 0 spiro atoms. The minimum Gasteiger partial charge on any atom is -1.00 e. The topological polar surface area (TPSA) is 20.2 Å². The molecule has 0 aromatic heterocycles. The smallest absolute Gasteiger partial charge is 1.00 e. The second kappa shape index (κ2) is 4.85. The quantitative estimate of drug-likeness (QED) is 0.559. The van der Waals surface area contributed by atoms with Crippen LogP contribution in [0.2, 0.25) is 0 Å². The van der Waals surface area contributed by atoms with Crippen LogP contribution in [-0.2, 0) is 0 Å². The Balaban J connectivity index is -0.000000125. The number of rotatable bonds is 1. The van der Waals surface area contributed by atoms with Gasteiger partial charge in [-0.15, -0.1) is 0 Å². The molecule has 0 bridgehead atoms. The van der Waals surface area contributed by atoms with Crippen LogP contribution in [0.3, 0.4) is 0 Å². The summed E-state index contributed by atoms with van der Waals surface area (Å²) in [4.78, 5) is 0. The zero-order chi connectivity index (χ0) is 5.21. The second-order valence-electron chi connectivity index (χ2n) is 2.17. The molecule has 7 heavy (non-hydrogen) atoms. The van der Waals surface area contributed by atoms with E-state index < -0.39 is 5.60 Å². The number of hydrogen-bond acceptors (Lipinski definition) is 1. The summed E-state index contributed by atoms with van der Waals surface area (Å²) in [5.74, 6) is 0. The summed E-state index contributed by atoms with van der Waals surface area (Å²) in [6, 6.07) is 0. The predicted octanol–water partition coefficient (Wildman–Crippen LogP) is -1.72. The standard InChI is InChI=1S/C5H12O.Cs.H/c1-4-5(2,3)6;;/h6H,4H2,1-3H3;;/q;+1;-1. The van der Waals surface area contributed by atoms with Gasteiger partial charge in [0.15, 0.2) is 0 Å². The van der Waals surface area contributed by atoms with E-state index in [0.717, 1.165) is 6.42 Å². The van der Waals surface area contributed by atoms with Crippen LogP contribution in [0.15, 0.2) is 0 Å². The maximum atomic E-state index is 8.83. The Labute approximate surface area is 106 Å². The van der Waals surface area contributed by atoms with Gasteiger partial charge in [0, 0.05) is 0 Å². The van der Waals surface area contributed by atoms with Crippen molar-refractivity contribution in [2.24, 2.45) is 0 Å². The van der Waals surface area contributed by atoms with Gasteiger partial charge in [0.2, 0.25) is 0 Å². The molecular formula is C5H13CsO. The van der Waals surface area contributed by atoms with Gasteiger partial charge in [-0.2, -0.15) is 0 Å². The van der Waals surface area contributed by atoms with Gasteiger partial charge >= 0.3 is 68.9 Å². The Morgan fingerprint density at radius 2 is 1.71 bits per heavy atom. The maximum absolute atomic E-state index is 8.83. The fourth-order valence-corrected chi connectivity index (χ4v) is 0. The van der Waals surface area contributed by atoms with Crippen molar-refractivity contribution >= 4 is 0 Å². The Bertz CT molecular complexity index is 42.2. The van der Waals surface area contributed by atoms with Crippen LogP contribution in [0.4, 0.5) is 0 Å². The monoisotopic (exact) mass is 222 g/mol. The van der Waals surface area contributed by atoms with Crippen LogP contribution in [-0.4, -0.2) is 10.7 Å². The van der Waals surface area contributed by atoms with Crippen molar-refractivity contribution in [3.05, 3.63) is 0 Å². The normalized spacial score (nSPS) is 10.3. The zero-order valence-electron chi connectivity index (χ0n) is 6.65. The Morgan fingerprint density at radius 1 is 1.57 bits per heavy atom. The third-order valence-corrected chi connectivity index (χ3v) is 0.865. The number of hydrogen-bond donors (Lipinski definition) is 1. The second-order valence-corrected chi connectivity index (χ2v) is 2.17. The van der Waals surface area contributed by atoms with Gasteiger partial charge in [-0.25, -0.2) is 0 Å². The van der Waals surface area contributed by atoms with Crippen molar-refractivity contribution < 1.29 is 75.4 Å². The predicted molar refractivity (Wildman–Crippen MR) is 27.7 cm³/mol. The molecule has 0 heterocycles. The maximum Gasteiger partial charge on any atom is 1.00 e. The van der Waals surface area contributed by atoms with Crippen LogP contribution in [0.25, 0.3) is 0 Å². The molecule has 0 fully saturated rings. The van der Waals surface area contributed by atoms with Gasteiger partial charge in [0.25, 0.3) is 0 Å². The van der Waals surface area contributed by atoms with E-state index in [9.17, 15) is 0 Å². The SMILES string of the molecule is CCC(C)(C)O.[Cs+].[H-]. The largest absolute Gasteiger partial charge is 1.00 e. The molecule has 0 radical (unpaired) electrons. The van der Waals surface area contributed by atoms with Crippen molar-refractivity contribution in [1.29, 1.82) is 0 Å². The molecule has 0 aromatic rings. The molecular weight excluding hydrogens is 209 g/mol. The Kier molecular flexibility index (Phi) is 8.15. The van der Waals surface area contributed by atoms with Gasteiger partial charge in [-0.1, -0.05) is 6.92 Å². The van der Waals surface area contributed by atoms with Crippen LogP contribution in [0, 0.1) is 0 Å². The summed E-state index contributed by atoms with van der Waals surface area (Å²) in [5, 5.41) is 8.83. The summed E-state index contributed by atoms with van der Waals surface area (Å²) >= 11 is 0. The van der Waals surface area contributed by atoms with Crippen LogP contribution < -0.4 is 68.9 Å². The average Bonchev–Trinajstić information content (AvgIpc) is 1.35. The Hall–Kier alpha value is 2.01. The van der Waals surface area contributed by atoms with Gasteiger partial charge < -0.3 is 6.53 Å². The zero-order valence-corrected chi connectivity index (χ0v) is 11.9. The third-order valence-electron chi connectivity index (χ3n) is 0.865. The first-order chi connectivity index (χ1) is 2.56. The molecule has 0 atom stereocenters. The summed E-state index contributed by atoms with van der Waals surface area (Å²) in [7, 11) is 0. The van der Waals surface area contributed by atoms with Gasteiger partial charge in [-0.3, -0.25) is 0 Å². The van der Waals surface area contributed by atoms with E-state index >= 15 is 0 Å². The van der Waals surface area contributed by atoms with Crippen molar-refractivity contribution in [3.63, 3.8) is 0 Å².